The monoisotopic (exact) mass is 1420 g/mol. The highest BCUT2D eigenvalue weighted by Crippen LogP contribution is 2.46. The Bertz CT molecular complexity index is 5040. The highest BCUT2D eigenvalue weighted by atomic mass is 35.5. The summed E-state index contributed by atoms with van der Waals surface area (Å²) in [6.07, 6.45) is 0. The lowest BCUT2D eigenvalue weighted by Crippen LogP contribution is -2.09. The van der Waals surface area contributed by atoms with Crippen molar-refractivity contribution in [3.8, 4) is 17.2 Å². The predicted octanol–water partition coefficient (Wildman–Crippen LogP) is 12.5. The Hall–Kier alpha value is -8.79. The maximum absolute atomic E-state index is 13.3. The van der Waals surface area contributed by atoms with Crippen LogP contribution in [0.2, 0.25) is 10.6 Å². The van der Waals surface area contributed by atoms with Crippen LogP contribution in [0.4, 0.5) is 69.3 Å². The summed E-state index contributed by atoms with van der Waals surface area (Å²) in [6, 6.07) is 35.6. The van der Waals surface area contributed by atoms with Gasteiger partial charge in [-0.15, -0.1) is 10.2 Å². The van der Waals surface area contributed by atoms with Gasteiger partial charge in [0.1, 0.15) is 22.0 Å². The minimum Gasteiger partial charge on any atom is -0.505 e. The summed E-state index contributed by atoms with van der Waals surface area (Å²) in [7, 11) is -15.3. The molecule has 8 aromatic carbocycles. The van der Waals surface area contributed by atoms with Gasteiger partial charge in [0.25, 0.3) is 20.2 Å². The summed E-state index contributed by atoms with van der Waals surface area (Å²) in [5.41, 5.74) is 0.556. The Balaban J connectivity index is 0.741. The first-order valence-corrected chi connectivity index (χ1v) is 36.3. The molecule has 29 nitrogen and oxygen atoms in total. The molecule has 0 aliphatic heterocycles. The average Bonchev–Trinajstić information content (AvgIpc) is 0.784. The fourth-order valence-electron chi connectivity index (χ4n) is 8.45. The van der Waals surface area contributed by atoms with E-state index in [-0.39, 0.29) is 123 Å². The molecule has 0 saturated carbocycles. The first-order chi connectivity index (χ1) is 43.7. The minimum absolute atomic E-state index is 0.0170. The van der Waals surface area contributed by atoms with Crippen molar-refractivity contribution in [2.24, 2.45) is 20.5 Å². The lowest BCUT2D eigenvalue weighted by molar-refractivity contribution is 0.457. The zero-order valence-electron chi connectivity index (χ0n) is 46.2. The molecule has 10 rings (SSSR count). The molecule has 0 amide bonds. The second-order valence-corrected chi connectivity index (χ2v) is 29.8. The van der Waals surface area contributed by atoms with E-state index in [9.17, 15) is 57.2 Å². The third-order valence-electron chi connectivity index (χ3n) is 12.6. The number of rotatable bonds is 25. The van der Waals surface area contributed by atoms with Gasteiger partial charge in [-0.1, -0.05) is 58.0 Å². The Morgan fingerprint density at radius 1 is 0.489 bits per heavy atom. The number of phenols is 2. The van der Waals surface area contributed by atoms with E-state index < -0.39 is 78.2 Å². The van der Waals surface area contributed by atoms with Gasteiger partial charge in [0.05, 0.1) is 48.9 Å². The van der Waals surface area contributed by atoms with Crippen LogP contribution in [0.5, 0.6) is 17.2 Å². The number of anilines is 8. The number of nitrogens with zero attached hydrogens (tertiary/aromatic N) is 10. The molecule has 38 heteroatoms. The maximum Gasteiger partial charge on any atom is 0.357 e. The van der Waals surface area contributed by atoms with E-state index in [1.807, 2.05) is 6.07 Å². The molecule has 474 valence electrons. The molecular weight excluding hydrogens is 1380 g/mol. The van der Waals surface area contributed by atoms with Crippen molar-refractivity contribution in [2.75, 3.05) is 44.3 Å². The fourth-order valence-corrected chi connectivity index (χ4v) is 16.3. The third kappa shape index (κ3) is 16.6. The number of para-hydroxylation sites is 1. The predicted molar refractivity (Wildman–Crippen MR) is 348 cm³/mol. The number of hydrogen-bond donors (Lipinski definition) is 9. The second-order valence-electron chi connectivity index (χ2n) is 18.8. The lowest BCUT2D eigenvalue weighted by atomic mass is 10.1. The minimum atomic E-state index is -5.01. The number of halogens is 2. The molecule has 0 bridgehead atoms. The van der Waals surface area contributed by atoms with Crippen molar-refractivity contribution >= 4 is 187 Å². The number of phenolic OH excluding ortho intramolecular Hbond substituents is 2. The molecule has 1 unspecified atom stereocenters. The van der Waals surface area contributed by atoms with E-state index in [0.717, 1.165) is 39.8 Å². The van der Waals surface area contributed by atoms with Gasteiger partial charge < -0.3 is 35.7 Å². The molecule has 0 aliphatic carbocycles. The summed E-state index contributed by atoms with van der Waals surface area (Å²) in [6.45, 7) is 0. The molecule has 10 aromatic rings. The van der Waals surface area contributed by atoms with Crippen LogP contribution in [0, 0.1) is 0 Å². The zero-order valence-corrected chi connectivity index (χ0v) is 53.4. The number of aromatic hydroxyl groups is 2. The van der Waals surface area contributed by atoms with Crippen LogP contribution in [0.3, 0.4) is 0 Å². The summed E-state index contributed by atoms with van der Waals surface area (Å²) in [5.74, 6) is -1.92. The van der Waals surface area contributed by atoms with Crippen molar-refractivity contribution in [1.82, 2.24) is 29.9 Å². The van der Waals surface area contributed by atoms with Gasteiger partial charge in [0, 0.05) is 33.7 Å². The van der Waals surface area contributed by atoms with Gasteiger partial charge in [0.2, 0.25) is 34.4 Å². The first kappa shape index (κ1) is 66.1. The van der Waals surface area contributed by atoms with Crippen molar-refractivity contribution in [3.05, 3.63) is 162 Å². The van der Waals surface area contributed by atoms with Gasteiger partial charge >= 0.3 is 11.4 Å². The van der Waals surface area contributed by atoms with Crippen LogP contribution in [-0.4, -0.2) is 115 Å². The maximum atomic E-state index is 13.3. The number of fused-ring (bicyclic) bond motifs is 2. The van der Waals surface area contributed by atoms with E-state index in [2.05, 4.69) is 71.6 Å². The largest absolute Gasteiger partial charge is 0.505 e. The number of nitrogens with one attached hydrogen (secondary N) is 4. The fraction of sp³-hybridized carbons (Fsp3) is 0.0741. The highest BCUT2D eigenvalue weighted by molar-refractivity contribution is 8.76. The van der Waals surface area contributed by atoms with Crippen LogP contribution in [0.15, 0.2) is 192 Å². The molecule has 9 N–H and O–H groups in total. The quantitative estimate of drug-likeness (QED) is 0.00843. The summed E-state index contributed by atoms with van der Waals surface area (Å²) >= 11 is 9.85. The van der Waals surface area contributed by atoms with Crippen LogP contribution < -0.4 is 25.5 Å². The molecule has 0 fully saturated rings. The van der Waals surface area contributed by atoms with Crippen molar-refractivity contribution < 1.29 is 65.9 Å². The number of sulfone groups is 2. The van der Waals surface area contributed by atoms with Crippen LogP contribution >= 0.6 is 44.8 Å². The van der Waals surface area contributed by atoms with E-state index in [1.165, 1.54) is 97.1 Å². The van der Waals surface area contributed by atoms with Crippen LogP contribution in [0.1, 0.15) is 0 Å². The molecule has 2 heterocycles. The summed E-state index contributed by atoms with van der Waals surface area (Å²) < 4.78 is 148. The molecule has 92 heavy (non-hydrogen) atoms. The van der Waals surface area contributed by atoms with E-state index in [1.54, 1.807) is 30.3 Å². The van der Waals surface area contributed by atoms with Crippen molar-refractivity contribution in [2.45, 2.75) is 19.6 Å². The van der Waals surface area contributed by atoms with E-state index in [0.29, 0.717) is 11.4 Å². The molecular formula is C54H42Cl2N14O15S7. The topological polar surface area (TPSA) is 439 Å². The third-order valence-corrected chi connectivity index (χ3v) is 21.4. The van der Waals surface area contributed by atoms with Gasteiger partial charge in [-0.2, -0.15) is 61.2 Å². The molecule has 0 radical (unpaired) electrons. The second kappa shape index (κ2) is 28.0. The summed E-state index contributed by atoms with van der Waals surface area (Å²) in [4.78, 5) is 23.4. The molecule has 0 spiro atoms. The Morgan fingerprint density at radius 2 is 0.989 bits per heavy atom. The average molecular weight is 1420 g/mol. The molecule has 2 aromatic heterocycles. The lowest BCUT2D eigenvalue weighted by Gasteiger charge is -2.14. The molecule has 0 aliphatic rings. The van der Waals surface area contributed by atoms with Crippen LogP contribution in [0.25, 0.3) is 21.5 Å². The van der Waals surface area contributed by atoms with Gasteiger partial charge in [-0.05, 0) is 149 Å². The van der Waals surface area contributed by atoms with E-state index >= 15 is 0 Å². The molecule has 1 atom stereocenters. The van der Waals surface area contributed by atoms with Crippen LogP contribution in [-0.2, 0) is 51.3 Å². The van der Waals surface area contributed by atoms with Crippen molar-refractivity contribution in [3.63, 3.8) is 0 Å². The Labute approximate surface area is 542 Å². The SMILES string of the molecule is O=S(O)Oc1ccc(Nc2nc(Cl)nc(Nc3cc(S(=O)(=O)O)cc4ccc(N=Nc5ccc(S(=O)(=O)CCSSCCS(=O)(=O)c6ccc(N=Nc7c(S(=O)(=O)O)cc8cccc(Nc9nc(Cl)nc(Nc%10ccccc%10)n9)c8c7O)cc6)cc5)c(O)c34)n2)cc1. The number of hydrogen-bond acceptors (Lipinski definition) is 28. The Morgan fingerprint density at radius 3 is 1.52 bits per heavy atom. The van der Waals surface area contributed by atoms with E-state index in [4.69, 9.17) is 31.9 Å². The Kier molecular flexibility index (Phi) is 20.1. The number of aromatic nitrogens is 6. The van der Waals surface area contributed by atoms with Gasteiger partial charge in [-0.3, -0.25) is 13.7 Å². The smallest absolute Gasteiger partial charge is 0.357 e. The standard InChI is InChI=1S/C54H42Cl2N14O15S7/c55-49-61-51(57-32-6-2-1-3-7-32)65-53(63-49)59-40-8-4-5-30-28-43(92(82,83)84)46(48(72)44(30)40)70-68-35-14-20-38(21-15-35)90(77,78)26-24-87-86-23-25-89(75,76)37-18-12-34(13-19-37)67-69-41-22-9-31-27-39(91(79,80)81)29-42(45(31)47(41)71)60-54-64-50(56)62-52(66-54)58-33-10-16-36(17-11-33)85-88(73)74/h1-22,27-29,71-72H,23-26H2,(H,73,74)(H,79,80,81)(H,82,83,84)(H2,57,59,61,63,65)(H2,58,60,62,64,66). The summed E-state index contributed by atoms with van der Waals surface area (Å²) in [5, 5.41) is 50.8. The molecule has 0 saturated heterocycles. The van der Waals surface area contributed by atoms with Gasteiger partial charge in [-0.25, -0.2) is 16.8 Å². The normalized spacial score (nSPS) is 12.6. The van der Waals surface area contributed by atoms with Crippen molar-refractivity contribution in [1.29, 1.82) is 0 Å². The first-order valence-electron chi connectivity index (χ1n) is 25.9. The number of benzene rings is 8. The number of azo groups is 2. The van der Waals surface area contributed by atoms with Gasteiger partial charge in [0.15, 0.2) is 31.2 Å². The zero-order chi connectivity index (χ0) is 65.5. The highest BCUT2D eigenvalue weighted by Gasteiger charge is 2.25.